The molecule has 0 aromatic carbocycles. The van der Waals surface area contributed by atoms with Crippen LogP contribution in [0.15, 0.2) is 22.9 Å². The maximum absolute atomic E-state index is 11.6. The first-order valence-corrected chi connectivity index (χ1v) is 6.18. The average molecular weight is 316 g/mol. The number of nitrogens with zero attached hydrogens (tertiary/aromatic N) is 1. The van der Waals surface area contributed by atoms with Crippen LogP contribution in [-0.4, -0.2) is 29.6 Å². The molecule has 1 unspecified atom stereocenters. The molecule has 18 heavy (non-hydrogen) atoms. The van der Waals surface area contributed by atoms with Crippen LogP contribution in [0.25, 0.3) is 0 Å². The van der Waals surface area contributed by atoms with E-state index in [-0.39, 0.29) is 0 Å². The Morgan fingerprint density at radius 1 is 1.50 bits per heavy atom. The summed E-state index contributed by atoms with van der Waals surface area (Å²) in [5.41, 5.74) is 0. The summed E-state index contributed by atoms with van der Waals surface area (Å²) >= 11 is 3.24. The van der Waals surface area contributed by atoms with Crippen LogP contribution in [0, 0.1) is 0 Å². The van der Waals surface area contributed by atoms with Crippen molar-refractivity contribution in [2.75, 3.05) is 6.54 Å². The van der Waals surface area contributed by atoms with E-state index in [1.807, 2.05) is 0 Å². The van der Waals surface area contributed by atoms with E-state index < -0.39 is 18.0 Å². The zero-order valence-corrected chi connectivity index (χ0v) is 11.7. The zero-order chi connectivity index (χ0) is 13.5. The van der Waals surface area contributed by atoms with E-state index in [9.17, 15) is 9.59 Å². The van der Waals surface area contributed by atoms with Gasteiger partial charge in [0.05, 0.1) is 6.20 Å². The molecule has 1 aromatic heterocycles. The van der Waals surface area contributed by atoms with E-state index in [1.54, 1.807) is 26.1 Å². The maximum Gasteiger partial charge on any atom is 0.321 e. The van der Waals surface area contributed by atoms with Gasteiger partial charge in [-0.25, -0.2) is 4.79 Å². The number of amides is 3. The lowest BCUT2D eigenvalue weighted by atomic mass is 10.3. The summed E-state index contributed by atoms with van der Waals surface area (Å²) in [6.45, 7) is 3.76. The van der Waals surface area contributed by atoms with E-state index in [0.29, 0.717) is 12.3 Å². The number of hydrogen-bond acceptors (Lipinski definition) is 4. The van der Waals surface area contributed by atoms with Crippen molar-refractivity contribution >= 4 is 27.9 Å². The van der Waals surface area contributed by atoms with Crippen molar-refractivity contribution in [1.29, 1.82) is 0 Å². The minimum atomic E-state index is -0.788. The quantitative estimate of drug-likeness (QED) is 0.881. The molecule has 1 rings (SSSR count). The van der Waals surface area contributed by atoms with Crippen LogP contribution in [0.2, 0.25) is 0 Å². The number of carbonyl (C=O) groups is 2. The zero-order valence-electron chi connectivity index (χ0n) is 10.1. The van der Waals surface area contributed by atoms with Gasteiger partial charge in [0.15, 0.2) is 6.10 Å². The number of aromatic nitrogens is 1. The first-order chi connectivity index (χ1) is 8.52. The maximum atomic E-state index is 11.6. The van der Waals surface area contributed by atoms with Gasteiger partial charge in [-0.1, -0.05) is 0 Å². The molecule has 1 aromatic rings. The summed E-state index contributed by atoms with van der Waals surface area (Å²) in [5, 5.41) is 4.63. The Morgan fingerprint density at radius 3 is 2.83 bits per heavy atom. The highest BCUT2D eigenvalue weighted by molar-refractivity contribution is 9.10. The van der Waals surface area contributed by atoms with Gasteiger partial charge in [0.2, 0.25) is 0 Å². The minimum absolute atomic E-state index is 0.447. The van der Waals surface area contributed by atoms with Gasteiger partial charge < -0.3 is 10.1 Å². The Hall–Kier alpha value is -1.63. The fraction of sp³-hybridized carbons (Fsp3) is 0.364. The number of pyridine rings is 1. The third-order valence-electron chi connectivity index (χ3n) is 1.94. The molecular weight excluding hydrogens is 302 g/mol. The van der Waals surface area contributed by atoms with Gasteiger partial charge in [-0.3, -0.25) is 15.1 Å². The van der Waals surface area contributed by atoms with Gasteiger partial charge in [0.25, 0.3) is 5.91 Å². The molecule has 0 spiro atoms. The molecule has 1 heterocycles. The van der Waals surface area contributed by atoms with Gasteiger partial charge in [-0.2, -0.15) is 0 Å². The van der Waals surface area contributed by atoms with Crippen molar-refractivity contribution in [3.8, 4) is 5.75 Å². The molecule has 6 nitrogen and oxygen atoms in total. The summed E-state index contributed by atoms with van der Waals surface area (Å²) in [6.07, 6.45) is 2.30. The summed E-state index contributed by atoms with van der Waals surface area (Å²) in [5.74, 6) is -0.0659. The Labute approximate surface area is 113 Å². The summed E-state index contributed by atoms with van der Waals surface area (Å²) in [7, 11) is 0. The van der Waals surface area contributed by atoms with Crippen molar-refractivity contribution in [3.63, 3.8) is 0 Å². The third kappa shape index (κ3) is 4.70. The molecule has 98 valence electrons. The number of urea groups is 1. The number of imide groups is 1. The molecule has 0 aliphatic rings. The van der Waals surface area contributed by atoms with Crippen molar-refractivity contribution < 1.29 is 14.3 Å². The lowest BCUT2D eigenvalue weighted by Crippen LogP contribution is -2.45. The van der Waals surface area contributed by atoms with Gasteiger partial charge in [0.1, 0.15) is 5.75 Å². The molecule has 0 saturated carbocycles. The molecule has 0 bridgehead atoms. The molecular formula is C11H14BrN3O3. The second-order valence-electron chi connectivity index (χ2n) is 3.45. The Kier molecular flexibility index (Phi) is 5.57. The van der Waals surface area contributed by atoms with Gasteiger partial charge in [-0.15, -0.1) is 0 Å². The molecule has 0 radical (unpaired) electrons. The normalized spacial score (nSPS) is 11.5. The smallest absolute Gasteiger partial charge is 0.321 e. The number of nitrogens with one attached hydrogen (secondary N) is 2. The molecule has 3 amide bonds. The summed E-state index contributed by atoms with van der Waals surface area (Å²) in [6, 6.07) is 1.15. The van der Waals surface area contributed by atoms with Crippen LogP contribution in [0.5, 0.6) is 5.75 Å². The van der Waals surface area contributed by atoms with Crippen molar-refractivity contribution in [3.05, 3.63) is 22.9 Å². The van der Waals surface area contributed by atoms with Crippen LogP contribution >= 0.6 is 15.9 Å². The number of rotatable bonds is 4. The highest BCUT2D eigenvalue weighted by Gasteiger charge is 2.17. The molecule has 0 aliphatic carbocycles. The third-order valence-corrected chi connectivity index (χ3v) is 2.37. The van der Waals surface area contributed by atoms with Gasteiger partial charge >= 0.3 is 6.03 Å². The van der Waals surface area contributed by atoms with E-state index in [4.69, 9.17) is 4.74 Å². The minimum Gasteiger partial charge on any atom is -0.479 e. The monoisotopic (exact) mass is 315 g/mol. The number of carbonyl (C=O) groups excluding carboxylic acids is 2. The predicted molar refractivity (Wildman–Crippen MR) is 69.2 cm³/mol. The molecule has 7 heteroatoms. The van der Waals surface area contributed by atoms with E-state index in [1.165, 1.54) is 6.20 Å². The topological polar surface area (TPSA) is 80.3 Å². The average Bonchev–Trinajstić information content (AvgIpc) is 2.29. The van der Waals surface area contributed by atoms with Gasteiger partial charge in [0, 0.05) is 17.2 Å². The van der Waals surface area contributed by atoms with Crippen LogP contribution < -0.4 is 15.4 Å². The fourth-order valence-corrected chi connectivity index (χ4v) is 1.48. The van der Waals surface area contributed by atoms with Crippen molar-refractivity contribution in [1.82, 2.24) is 15.6 Å². The summed E-state index contributed by atoms with van der Waals surface area (Å²) in [4.78, 5) is 26.6. The molecule has 0 saturated heterocycles. The number of ether oxygens (including phenoxy) is 1. The molecule has 0 aliphatic heterocycles. The predicted octanol–water partition coefficient (Wildman–Crippen LogP) is 1.46. The van der Waals surface area contributed by atoms with E-state index in [0.717, 1.165) is 4.47 Å². The highest BCUT2D eigenvalue weighted by atomic mass is 79.9. The Balaban J connectivity index is 2.52. The standard InChI is InChI=1S/C11H14BrN3O3/c1-3-14-11(17)15-10(16)7(2)18-9-4-8(12)5-13-6-9/h4-7H,3H2,1-2H3,(H2,14,15,16,17). The second kappa shape index (κ2) is 6.95. The largest absolute Gasteiger partial charge is 0.479 e. The lowest BCUT2D eigenvalue weighted by Gasteiger charge is -2.14. The molecule has 2 N–H and O–H groups in total. The van der Waals surface area contributed by atoms with Crippen molar-refractivity contribution in [2.45, 2.75) is 20.0 Å². The van der Waals surface area contributed by atoms with Gasteiger partial charge in [-0.05, 0) is 35.8 Å². The lowest BCUT2D eigenvalue weighted by molar-refractivity contribution is -0.126. The molecule has 1 atom stereocenters. The number of hydrogen-bond donors (Lipinski definition) is 2. The highest BCUT2D eigenvalue weighted by Crippen LogP contribution is 2.16. The Bertz CT molecular complexity index is 439. The van der Waals surface area contributed by atoms with Crippen LogP contribution in [0.4, 0.5) is 4.79 Å². The first kappa shape index (κ1) is 14.4. The Morgan fingerprint density at radius 2 is 2.22 bits per heavy atom. The summed E-state index contributed by atoms with van der Waals surface area (Å²) < 4.78 is 6.10. The van der Waals surface area contributed by atoms with E-state index in [2.05, 4.69) is 31.5 Å². The first-order valence-electron chi connectivity index (χ1n) is 5.38. The number of halogens is 1. The second-order valence-corrected chi connectivity index (χ2v) is 4.36. The van der Waals surface area contributed by atoms with Crippen LogP contribution in [-0.2, 0) is 4.79 Å². The van der Waals surface area contributed by atoms with Crippen LogP contribution in [0.1, 0.15) is 13.8 Å². The van der Waals surface area contributed by atoms with Crippen molar-refractivity contribution in [2.24, 2.45) is 0 Å². The van der Waals surface area contributed by atoms with Crippen LogP contribution in [0.3, 0.4) is 0 Å². The SMILES string of the molecule is CCNC(=O)NC(=O)C(C)Oc1cncc(Br)c1. The molecule has 0 fully saturated rings. The van der Waals surface area contributed by atoms with E-state index >= 15 is 0 Å². The fourth-order valence-electron chi connectivity index (χ4n) is 1.13.